The molecule has 1 amide bonds. The molecule has 1 saturated heterocycles. The quantitative estimate of drug-likeness (QED) is 0.771. The van der Waals surface area contributed by atoms with E-state index in [9.17, 15) is 4.79 Å². The first-order valence-corrected chi connectivity index (χ1v) is 6.99. The van der Waals surface area contributed by atoms with E-state index >= 15 is 0 Å². The van der Waals surface area contributed by atoms with Crippen LogP contribution >= 0.6 is 0 Å². The van der Waals surface area contributed by atoms with Crippen molar-refractivity contribution in [2.24, 2.45) is 7.05 Å². The molecule has 0 unspecified atom stereocenters. The highest BCUT2D eigenvalue weighted by Gasteiger charge is 2.47. The van der Waals surface area contributed by atoms with Gasteiger partial charge in [0.05, 0.1) is 0 Å². The van der Waals surface area contributed by atoms with E-state index in [-0.39, 0.29) is 11.3 Å². The predicted octanol–water partition coefficient (Wildman–Crippen LogP) is 0.804. The van der Waals surface area contributed by atoms with Crippen LogP contribution in [0.2, 0.25) is 0 Å². The van der Waals surface area contributed by atoms with Crippen molar-refractivity contribution in [1.29, 1.82) is 0 Å². The van der Waals surface area contributed by atoms with Crippen LogP contribution in [0, 0.1) is 0 Å². The summed E-state index contributed by atoms with van der Waals surface area (Å²) in [5, 5.41) is 4.21. The summed E-state index contributed by atoms with van der Waals surface area (Å²) in [6.45, 7) is 2.57. The SMILES string of the molecule is Cn1ccc(C(=O)N2CC[C@]3(CCn4ccnc43)C2)n1. The van der Waals surface area contributed by atoms with Gasteiger partial charge < -0.3 is 9.47 Å². The number of fused-ring (bicyclic) bond motifs is 2. The second kappa shape index (κ2) is 3.94. The number of aromatic nitrogens is 4. The Labute approximate surface area is 117 Å². The summed E-state index contributed by atoms with van der Waals surface area (Å²) in [5.74, 6) is 1.18. The van der Waals surface area contributed by atoms with Crippen LogP contribution in [0.3, 0.4) is 0 Å². The van der Waals surface area contributed by atoms with E-state index in [0.29, 0.717) is 5.69 Å². The standard InChI is InChI=1S/C14H17N5O/c1-17-6-2-11(16-17)12(20)19-8-4-14(10-19)3-7-18-9-5-15-13(14)18/h2,5-6,9H,3-4,7-8,10H2,1H3/t14-/m1/s1. The summed E-state index contributed by atoms with van der Waals surface area (Å²) < 4.78 is 3.89. The maximum atomic E-state index is 12.5. The monoisotopic (exact) mass is 271 g/mol. The molecule has 20 heavy (non-hydrogen) atoms. The molecule has 0 bridgehead atoms. The van der Waals surface area contributed by atoms with E-state index in [1.165, 1.54) is 0 Å². The van der Waals surface area contributed by atoms with Crippen LogP contribution in [0.1, 0.15) is 29.2 Å². The van der Waals surface area contributed by atoms with Crippen molar-refractivity contribution in [3.63, 3.8) is 0 Å². The molecule has 4 rings (SSSR count). The van der Waals surface area contributed by atoms with Gasteiger partial charge in [0.15, 0.2) is 0 Å². The van der Waals surface area contributed by atoms with Crippen LogP contribution in [-0.4, -0.2) is 43.2 Å². The number of nitrogens with zero attached hydrogens (tertiary/aromatic N) is 5. The fourth-order valence-electron chi connectivity index (χ4n) is 3.52. The Kier molecular flexibility index (Phi) is 2.31. The minimum absolute atomic E-state index is 0.0347. The summed E-state index contributed by atoms with van der Waals surface area (Å²) in [4.78, 5) is 18.9. The van der Waals surface area contributed by atoms with Gasteiger partial charge in [-0.3, -0.25) is 9.48 Å². The Morgan fingerprint density at radius 3 is 2.95 bits per heavy atom. The van der Waals surface area contributed by atoms with Crippen molar-refractivity contribution >= 4 is 5.91 Å². The lowest BCUT2D eigenvalue weighted by atomic mass is 9.85. The predicted molar refractivity (Wildman–Crippen MR) is 72.3 cm³/mol. The number of aryl methyl sites for hydroxylation is 2. The van der Waals surface area contributed by atoms with E-state index in [1.807, 2.05) is 24.3 Å². The van der Waals surface area contributed by atoms with Crippen molar-refractivity contribution in [3.8, 4) is 0 Å². The minimum Gasteiger partial charge on any atom is -0.336 e. The van der Waals surface area contributed by atoms with Crippen LogP contribution in [-0.2, 0) is 19.0 Å². The second-order valence-electron chi connectivity index (χ2n) is 5.83. The van der Waals surface area contributed by atoms with Gasteiger partial charge in [0.25, 0.3) is 5.91 Å². The van der Waals surface area contributed by atoms with Crippen LogP contribution in [0.5, 0.6) is 0 Å². The van der Waals surface area contributed by atoms with Crippen LogP contribution in [0.4, 0.5) is 0 Å². The van der Waals surface area contributed by atoms with Gasteiger partial charge in [-0.15, -0.1) is 0 Å². The fraction of sp³-hybridized carbons (Fsp3) is 0.500. The van der Waals surface area contributed by atoms with E-state index in [4.69, 9.17) is 0 Å². The molecule has 1 atom stereocenters. The normalized spacial score (nSPS) is 24.6. The Hall–Kier alpha value is -2.11. The van der Waals surface area contributed by atoms with Gasteiger partial charge >= 0.3 is 0 Å². The molecule has 0 saturated carbocycles. The molecule has 6 heteroatoms. The largest absolute Gasteiger partial charge is 0.336 e. The molecule has 2 aliphatic heterocycles. The summed E-state index contributed by atoms with van der Waals surface area (Å²) in [6, 6.07) is 1.78. The van der Waals surface area contributed by atoms with Gasteiger partial charge in [0.2, 0.25) is 0 Å². The molecule has 4 heterocycles. The molecule has 6 nitrogen and oxygen atoms in total. The van der Waals surface area contributed by atoms with E-state index in [0.717, 1.165) is 38.3 Å². The molecule has 0 aliphatic carbocycles. The zero-order valence-electron chi connectivity index (χ0n) is 11.5. The Bertz CT molecular complexity index is 673. The third-order valence-electron chi connectivity index (χ3n) is 4.59. The fourth-order valence-corrected chi connectivity index (χ4v) is 3.52. The molecule has 2 aromatic heterocycles. The maximum absolute atomic E-state index is 12.5. The zero-order chi connectivity index (χ0) is 13.7. The van der Waals surface area contributed by atoms with Gasteiger partial charge in [-0.1, -0.05) is 0 Å². The molecule has 0 radical (unpaired) electrons. The molecular weight excluding hydrogens is 254 g/mol. The molecule has 104 valence electrons. The van der Waals surface area contributed by atoms with E-state index in [2.05, 4.69) is 14.6 Å². The number of rotatable bonds is 1. The van der Waals surface area contributed by atoms with Crippen molar-refractivity contribution < 1.29 is 4.79 Å². The summed E-state index contributed by atoms with van der Waals surface area (Å²) >= 11 is 0. The van der Waals surface area contributed by atoms with Gasteiger partial charge in [0.1, 0.15) is 11.5 Å². The van der Waals surface area contributed by atoms with Gasteiger partial charge in [0, 0.05) is 50.7 Å². The average molecular weight is 271 g/mol. The van der Waals surface area contributed by atoms with Crippen molar-refractivity contribution in [3.05, 3.63) is 36.2 Å². The molecule has 1 spiro atoms. The number of imidazole rings is 1. The molecule has 0 N–H and O–H groups in total. The summed E-state index contributed by atoms with van der Waals surface area (Å²) in [6.07, 6.45) is 7.79. The van der Waals surface area contributed by atoms with Gasteiger partial charge in [-0.25, -0.2) is 4.98 Å². The topological polar surface area (TPSA) is 56.0 Å². The van der Waals surface area contributed by atoms with Crippen molar-refractivity contribution in [2.45, 2.75) is 24.8 Å². The number of hydrogen-bond acceptors (Lipinski definition) is 3. The number of likely N-dealkylation sites (tertiary alicyclic amines) is 1. The highest BCUT2D eigenvalue weighted by Crippen LogP contribution is 2.41. The second-order valence-corrected chi connectivity index (χ2v) is 5.83. The summed E-state index contributed by atoms with van der Waals surface area (Å²) in [7, 11) is 1.83. The number of carbonyl (C=O) groups excluding carboxylic acids is 1. The maximum Gasteiger partial charge on any atom is 0.274 e. The smallest absolute Gasteiger partial charge is 0.274 e. The Morgan fingerprint density at radius 1 is 1.30 bits per heavy atom. The number of amides is 1. The first-order valence-electron chi connectivity index (χ1n) is 6.99. The lowest BCUT2D eigenvalue weighted by Gasteiger charge is -2.22. The lowest BCUT2D eigenvalue weighted by Crippen LogP contribution is -2.34. The summed E-state index contributed by atoms with van der Waals surface area (Å²) in [5.41, 5.74) is 0.597. The van der Waals surface area contributed by atoms with E-state index in [1.54, 1.807) is 16.9 Å². The molecule has 1 fully saturated rings. The minimum atomic E-state index is 0.0347. The Balaban J connectivity index is 1.58. The first-order chi connectivity index (χ1) is 9.68. The number of hydrogen-bond donors (Lipinski definition) is 0. The van der Waals surface area contributed by atoms with Gasteiger partial charge in [-0.05, 0) is 18.9 Å². The average Bonchev–Trinajstić information content (AvgIpc) is 3.18. The third kappa shape index (κ3) is 1.54. The third-order valence-corrected chi connectivity index (χ3v) is 4.59. The van der Waals surface area contributed by atoms with Crippen LogP contribution < -0.4 is 0 Å². The highest BCUT2D eigenvalue weighted by molar-refractivity contribution is 5.92. The van der Waals surface area contributed by atoms with E-state index < -0.39 is 0 Å². The van der Waals surface area contributed by atoms with Crippen molar-refractivity contribution in [2.75, 3.05) is 13.1 Å². The van der Waals surface area contributed by atoms with Crippen LogP contribution in [0.25, 0.3) is 0 Å². The highest BCUT2D eigenvalue weighted by atomic mass is 16.2. The Morgan fingerprint density at radius 2 is 2.15 bits per heavy atom. The molecule has 0 aromatic carbocycles. The molecule has 2 aromatic rings. The lowest BCUT2D eigenvalue weighted by molar-refractivity contribution is 0.0776. The zero-order valence-corrected chi connectivity index (χ0v) is 11.5. The van der Waals surface area contributed by atoms with Crippen molar-refractivity contribution in [1.82, 2.24) is 24.2 Å². The molecular formula is C14H17N5O. The van der Waals surface area contributed by atoms with Crippen LogP contribution in [0.15, 0.2) is 24.7 Å². The molecule has 2 aliphatic rings. The number of carbonyl (C=O) groups is 1. The van der Waals surface area contributed by atoms with Gasteiger partial charge in [-0.2, -0.15) is 5.10 Å². The first kappa shape index (κ1) is 11.7.